The molecule has 0 saturated heterocycles. The average molecular weight is 329 g/mol. The lowest BCUT2D eigenvalue weighted by Gasteiger charge is -2.17. The summed E-state index contributed by atoms with van der Waals surface area (Å²) in [5.41, 5.74) is 1.06. The molecular weight excluding hydrogens is 302 g/mol. The first-order valence-electron chi connectivity index (χ1n) is 7.65. The summed E-state index contributed by atoms with van der Waals surface area (Å²) in [6.07, 6.45) is 2.87. The summed E-state index contributed by atoms with van der Waals surface area (Å²) in [7, 11) is -3.40. The second-order valence-corrected chi connectivity index (χ2v) is 7.71. The maximum absolute atomic E-state index is 11.5. The Bertz CT molecular complexity index is 570. The van der Waals surface area contributed by atoms with Crippen molar-refractivity contribution < 1.29 is 18.3 Å². The first kappa shape index (κ1) is 18.8. The van der Waals surface area contributed by atoms with Crippen molar-refractivity contribution in [3.63, 3.8) is 0 Å². The fourth-order valence-corrected chi connectivity index (χ4v) is 2.59. The Kier molecular flexibility index (Phi) is 7.16. The van der Waals surface area contributed by atoms with Gasteiger partial charge in [0.05, 0.1) is 24.7 Å². The van der Waals surface area contributed by atoms with Gasteiger partial charge in [0.15, 0.2) is 0 Å². The Hall–Kier alpha value is -1.27. The van der Waals surface area contributed by atoms with E-state index in [2.05, 4.69) is 18.6 Å². The second-order valence-electron chi connectivity index (χ2n) is 5.97. The number of nitrogens with one attached hydrogen (secondary N) is 1. The summed E-state index contributed by atoms with van der Waals surface area (Å²) < 4.78 is 31.0. The molecule has 0 spiro atoms. The molecule has 126 valence electrons. The van der Waals surface area contributed by atoms with Crippen molar-refractivity contribution in [1.82, 2.24) is 0 Å². The van der Waals surface area contributed by atoms with Gasteiger partial charge in [-0.3, -0.25) is 4.72 Å². The lowest BCUT2D eigenvalue weighted by atomic mass is 9.99. The highest BCUT2D eigenvalue weighted by Gasteiger charge is 2.14. The molecule has 0 aliphatic rings. The Morgan fingerprint density at radius 2 is 1.95 bits per heavy atom. The number of anilines is 1. The fourth-order valence-electron chi connectivity index (χ4n) is 2.03. The zero-order valence-corrected chi connectivity index (χ0v) is 14.6. The lowest BCUT2D eigenvalue weighted by Crippen LogP contribution is -2.12. The minimum absolute atomic E-state index is 0.372. The van der Waals surface area contributed by atoms with Crippen LogP contribution >= 0.6 is 0 Å². The van der Waals surface area contributed by atoms with E-state index in [0.29, 0.717) is 35.9 Å². The quantitative estimate of drug-likeness (QED) is 0.729. The summed E-state index contributed by atoms with van der Waals surface area (Å²) in [6.45, 7) is 6.69. The summed E-state index contributed by atoms with van der Waals surface area (Å²) in [5, 5.41) is 10.2. The predicted molar refractivity (Wildman–Crippen MR) is 89.7 cm³/mol. The van der Waals surface area contributed by atoms with Gasteiger partial charge in [0.1, 0.15) is 5.75 Å². The van der Waals surface area contributed by atoms with Gasteiger partial charge in [-0.15, -0.1) is 0 Å². The van der Waals surface area contributed by atoms with E-state index < -0.39 is 16.1 Å². The first-order valence-corrected chi connectivity index (χ1v) is 9.54. The molecule has 1 atom stereocenters. The van der Waals surface area contributed by atoms with E-state index in [-0.39, 0.29) is 0 Å². The number of hydrogen-bond donors (Lipinski definition) is 2. The number of sulfonamides is 1. The highest BCUT2D eigenvalue weighted by molar-refractivity contribution is 7.92. The zero-order valence-electron chi connectivity index (χ0n) is 13.8. The van der Waals surface area contributed by atoms with Crippen LogP contribution < -0.4 is 9.46 Å². The molecule has 0 saturated carbocycles. The molecule has 0 radical (unpaired) electrons. The molecule has 0 fully saturated rings. The van der Waals surface area contributed by atoms with E-state index in [0.717, 1.165) is 19.1 Å². The number of aliphatic hydroxyl groups excluding tert-OH is 1. The SMILES string of the molecule is CCCOc1ccc(C(O)CCC(C)C)cc1NS(C)(=O)=O. The average Bonchev–Trinajstić information content (AvgIpc) is 2.41. The number of aliphatic hydroxyl groups is 1. The van der Waals surface area contributed by atoms with Crippen molar-refractivity contribution in [1.29, 1.82) is 0 Å². The molecule has 0 amide bonds. The minimum Gasteiger partial charge on any atom is -0.491 e. The van der Waals surface area contributed by atoms with Gasteiger partial charge in [-0.2, -0.15) is 0 Å². The van der Waals surface area contributed by atoms with Gasteiger partial charge in [0.2, 0.25) is 10.0 Å². The smallest absolute Gasteiger partial charge is 0.229 e. The van der Waals surface area contributed by atoms with E-state index in [1.54, 1.807) is 18.2 Å². The predicted octanol–water partition coefficient (Wildman–Crippen LogP) is 3.32. The fraction of sp³-hybridized carbons (Fsp3) is 0.625. The largest absolute Gasteiger partial charge is 0.491 e. The topological polar surface area (TPSA) is 75.6 Å². The van der Waals surface area contributed by atoms with Crippen LogP contribution in [0.5, 0.6) is 5.75 Å². The van der Waals surface area contributed by atoms with Gasteiger partial charge in [0, 0.05) is 0 Å². The maximum Gasteiger partial charge on any atom is 0.229 e. The Morgan fingerprint density at radius 3 is 2.50 bits per heavy atom. The van der Waals surface area contributed by atoms with Crippen LogP contribution in [0.1, 0.15) is 51.7 Å². The van der Waals surface area contributed by atoms with Crippen LogP contribution in [0.25, 0.3) is 0 Å². The molecule has 1 unspecified atom stereocenters. The molecule has 2 N–H and O–H groups in total. The summed E-state index contributed by atoms with van der Waals surface area (Å²) >= 11 is 0. The van der Waals surface area contributed by atoms with E-state index in [1.165, 1.54) is 0 Å². The van der Waals surface area contributed by atoms with Gasteiger partial charge in [0.25, 0.3) is 0 Å². The Morgan fingerprint density at radius 1 is 1.27 bits per heavy atom. The van der Waals surface area contributed by atoms with Gasteiger partial charge >= 0.3 is 0 Å². The van der Waals surface area contributed by atoms with Crippen LogP contribution in [0.4, 0.5) is 5.69 Å². The van der Waals surface area contributed by atoms with Crippen LogP contribution in [0.2, 0.25) is 0 Å². The van der Waals surface area contributed by atoms with Crippen molar-refractivity contribution in [2.24, 2.45) is 5.92 Å². The van der Waals surface area contributed by atoms with Crippen molar-refractivity contribution in [3.8, 4) is 5.75 Å². The molecule has 6 heteroatoms. The van der Waals surface area contributed by atoms with Gasteiger partial charge in [-0.25, -0.2) is 8.42 Å². The Balaban J connectivity index is 2.99. The van der Waals surface area contributed by atoms with Crippen LogP contribution in [0.3, 0.4) is 0 Å². The Labute approximate surface area is 133 Å². The van der Waals surface area contributed by atoms with Crippen LogP contribution in [-0.4, -0.2) is 26.4 Å². The summed E-state index contributed by atoms with van der Waals surface area (Å²) in [5.74, 6) is 0.988. The molecule has 1 rings (SSSR count). The van der Waals surface area contributed by atoms with E-state index >= 15 is 0 Å². The third kappa shape index (κ3) is 6.66. The molecule has 22 heavy (non-hydrogen) atoms. The van der Waals surface area contributed by atoms with Crippen molar-refractivity contribution in [2.75, 3.05) is 17.6 Å². The molecule has 5 nitrogen and oxygen atoms in total. The van der Waals surface area contributed by atoms with Gasteiger partial charge in [-0.05, 0) is 42.9 Å². The standard InChI is InChI=1S/C16H27NO4S/c1-5-10-21-16-9-7-13(15(18)8-6-12(2)3)11-14(16)17-22(4,19)20/h7,9,11-12,15,17-18H,5-6,8,10H2,1-4H3. The number of ether oxygens (including phenoxy) is 1. The van der Waals surface area contributed by atoms with Crippen LogP contribution in [0.15, 0.2) is 18.2 Å². The third-order valence-electron chi connectivity index (χ3n) is 3.16. The maximum atomic E-state index is 11.5. The number of rotatable bonds is 9. The monoisotopic (exact) mass is 329 g/mol. The molecule has 0 bridgehead atoms. The third-order valence-corrected chi connectivity index (χ3v) is 3.75. The second kappa shape index (κ2) is 8.39. The highest BCUT2D eigenvalue weighted by atomic mass is 32.2. The summed E-state index contributed by atoms with van der Waals surface area (Å²) in [6, 6.07) is 5.14. The number of hydrogen-bond acceptors (Lipinski definition) is 4. The van der Waals surface area contributed by atoms with Crippen molar-refractivity contribution in [2.45, 2.75) is 46.1 Å². The summed E-state index contributed by atoms with van der Waals surface area (Å²) in [4.78, 5) is 0. The van der Waals surface area contributed by atoms with Gasteiger partial charge < -0.3 is 9.84 Å². The molecule has 0 aromatic heterocycles. The molecule has 1 aromatic carbocycles. The molecule has 0 aliphatic carbocycles. The molecule has 0 heterocycles. The van der Waals surface area contributed by atoms with Crippen molar-refractivity contribution in [3.05, 3.63) is 23.8 Å². The van der Waals surface area contributed by atoms with E-state index in [9.17, 15) is 13.5 Å². The minimum atomic E-state index is -3.40. The van der Waals surface area contributed by atoms with Gasteiger partial charge in [-0.1, -0.05) is 26.8 Å². The lowest BCUT2D eigenvalue weighted by molar-refractivity contribution is 0.159. The first-order chi connectivity index (χ1) is 10.2. The van der Waals surface area contributed by atoms with E-state index in [4.69, 9.17) is 4.74 Å². The highest BCUT2D eigenvalue weighted by Crippen LogP contribution is 2.31. The van der Waals surface area contributed by atoms with Crippen LogP contribution in [-0.2, 0) is 10.0 Å². The zero-order chi connectivity index (χ0) is 16.8. The molecule has 1 aromatic rings. The van der Waals surface area contributed by atoms with Crippen molar-refractivity contribution >= 4 is 15.7 Å². The molecular formula is C16H27NO4S. The normalized spacial score (nSPS) is 13.2. The molecule has 0 aliphatic heterocycles. The number of benzene rings is 1. The van der Waals surface area contributed by atoms with Crippen LogP contribution in [0, 0.1) is 5.92 Å². The van der Waals surface area contributed by atoms with E-state index in [1.807, 2.05) is 6.92 Å².